The normalized spacial score (nSPS) is 10.2. The molecule has 3 nitrogen and oxygen atoms in total. The van der Waals surface area contributed by atoms with Gasteiger partial charge < -0.3 is 9.84 Å². The van der Waals surface area contributed by atoms with Crippen LogP contribution in [-0.4, -0.2) is 11.3 Å². The van der Waals surface area contributed by atoms with Crippen LogP contribution in [0.1, 0.15) is 25.3 Å². The van der Waals surface area contributed by atoms with Crippen LogP contribution < -0.4 is 4.74 Å². The fourth-order valence-corrected chi connectivity index (χ4v) is 2.14. The molecule has 0 radical (unpaired) electrons. The van der Waals surface area contributed by atoms with Crippen molar-refractivity contribution in [1.29, 1.82) is 0 Å². The van der Waals surface area contributed by atoms with Gasteiger partial charge in [-0.1, -0.05) is 49.7 Å². The standard InChI is InChI=1S/C17H18O3/c1-2-3-7-13-10-11-16(20-17(18)19)15(12-13)14-8-5-4-6-9-14/h4-6,8-12H,2-3,7H2,1H3,(H,18,19). The van der Waals surface area contributed by atoms with Crippen LogP contribution in [0.15, 0.2) is 48.5 Å². The maximum absolute atomic E-state index is 10.8. The molecule has 2 rings (SSSR count). The number of hydrogen-bond donors (Lipinski definition) is 1. The van der Waals surface area contributed by atoms with E-state index in [1.54, 1.807) is 6.07 Å². The minimum absolute atomic E-state index is 0.379. The Hall–Kier alpha value is -2.29. The minimum atomic E-state index is -1.29. The van der Waals surface area contributed by atoms with Gasteiger partial charge in [0.25, 0.3) is 0 Å². The average molecular weight is 270 g/mol. The van der Waals surface area contributed by atoms with Crippen molar-refractivity contribution in [2.45, 2.75) is 26.2 Å². The summed E-state index contributed by atoms with van der Waals surface area (Å²) >= 11 is 0. The second kappa shape index (κ2) is 6.75. The summed E-state index contributed by atoms with van der Waals surface area (Å²) < 4.78 is 4.88. The second-order valence-corrected chi connectivity index (χ2v) is 4.67. The van der Waals surface area contributed by atoms with Crippen molar-refractivity contribution in [2.24, 2.45) is 0 Å². The van der Waals surface area contributed by atoms with Gasteiger partial charge in [0.2, 0.25) is 0 Å². The molecule has 0 aliphatic rings. The highest BCUT2D eigenvalue weighted by atomic mass is 16.7. The summed E-state index contributed by atoms with van der Waals surface area (Å²) in [5.74, 6) is 0.379. The van der Waals surface area contributed by atoms with Crippen LogP contribution in [0.25, 0.3) is 11.1 Å². The highest BCUT2D eigenvalue weighted by Gasteiger charge is 2.10. The fraction of sp³-hybridized carbons (Fsp3) is 0.235. The first-order valence-electron chi connectivity index (χ1n) is 6.80. The molecule has 3 heteroatoms. The zero-order chi connectivity index (χ0) is 14.4. The van der Waals surface area contributed by atoms with Crippen molar-refractivity contribution in [3.05, 3.63) is 54.1 Å². The van der Waals surface area contributed by atoms with Crippen molar-refractivity contribution in [1.82, 2.24) is 0 Å². The second-order valence-electron chi connectivity index (χ2n) is 4.67. The molecule has 20 heavy (non-hydrogen) atoms. The first-order chi connectivity index (χ1) is 9.70. The van der Waals surface area contributed by atoms with E-state index in [-0.39, 0.29) is 0 Å². The Morgan fingerprint density at radius 1 is 1.15 bits per heavy atom. The van der Waals surface area contributed by atoms with Crippen molar-refractivity contribution < 1.29 is 14.6 Å². The van der Waals surface area contributed by atoms with E-state index in [0.717, 1.165) is 30.4 Å². The molecule has 0 aliphatic heterocycles. The molecule has 1 N–H and O–H groups in total. The summed E-state index contributed by atoms with van der Waals surface area (Å²) in [6.07, 6.45) is 1.95. The smallest absolute Gasteiger partial charge is 0.449 e. The largest absolute Gasteiger partial charge is 0.511 e. The lowest BCUT2D eigenvalue weighted by Gasteiger charge is -2.11. The Morgan fingerprint density at radius 3 is 2.55 bits per heavy atom. The van der Waals surface area contributed by atoms with Crippen molar-refractivity contribution in [3.63, 3.8) is 0 Å². The molecule has 2 aromatic carbocycles. The molecule has 0 spiro atoms. The quantitative estimate of drug-likeness (QED) is 0.629. The number of ether oxygens (including phenoxy) is 1. The number of hydrogen-bond acceptors (Lipinski definition) is 2. The zero-order valence-corrected chi connectivity index (χ0v) is 11.5. The third-order valence-electron chi connectivity index (χ3n) is 3.15. The van der Waals surface area contributed by atoms with Gasteiger partial charge in [0.1, 0.15) is 5.75 Å². The SMILES string of the molecule is CCCCc1ccc(OC(=O)O)c(-c2ccccc2)c1. The van der Waals surface area contributed by atoms with Crippen molar-refractivity contribution in [2.75, 3.05) is 0 Å². The molecule has 2 aromatic rings. The number of carboxylic acid groups (broad SMARTS) is 1. The first kappa shape index (κ1) is 14.1. The lowest BCUT2D eigenvalue weighted by atomic mass is 9.99. The van der Waals surface area contributed by atoms with Crippen LogP contribution in [0.5, 0.6) is 5.75 Å². The molecular formula is C17H18O3. The maximum atomic E-state index is 10.8. The van der Waals surface area contributed by atoms with Crippen LogP contribution >= 0.6 is 0 Å². The molecule has 0 atom stereocenters. The van der Waals surface area contributed by atoms with Gasteiger partial charge in [-0.25, -0.2) is 4.79 Å². The predicted molar refractivity (Wildman–Crippen MR) is 79.1 cm³/mol. The van der Waals surface area contributed by atoms with E-state index in [1.165, 1.54) is 5.56 Å². The topological polar surface area (TPSA) is 46.5 Å². The molecule has 0 fully saturated rings. The lowest BCUT2D eigenvalue weighted by molar-refractivity contribution is 0.144. The number of aryl methyl sites for hydroxylation is 1. The minimum Gasteiger partial charge on any atom is -0.449 e. The summed E-state index contributed by atoms with van der Waals surface area (Å²) in [6, 6.07) is 15.4. The van der Waals surface area contributed by atoms with Crippen LogP contribution in [0.3, 0.4) is 0 Å². The Bertz CT molecular complexity index is 576. The summed E-state index contributed by atoms with van der Waals surface area (Å²) in [7, 11) is 0. The summed E-state index contributed by atoms with van der Waals surface area (Å²) in [5.41, 5.74) is 2.98. The van der Waals surface area contributed by atoms with E-state index in [2.05, 4.69) is 6.92 Å². The van der Waals surface area contributed by atoms with E-state index >= 15 is 0 Å². The zero-order valence-electron chi connectivity index (χ0n) is 11.5. The Morgan fingerprint density at radius 2 is 1.90 bits per heavy atom. The third-order valence-corrected chi connectivity index (χ3v) is 3.15. The Balaban J connectivity index is 2.40. The molecule has 0 saturated carbocycles. The maximum Gasteiger partial charge on any atom is 0.511 e. The highest BCUT2D eigenvalue weighted by Crippen LogP contribution is 2.31. The Labute approximate surface area is 118 Å². The molecule has 0 saturated heterocycles. The van der Waals surface area contributed by atoms with E-state index < -0.39 is 6.16 Å². The molecule has 0 unspecified atom stereocenters. The molecular weight excluding hydrogens is 252 g/mol. The summed E-state index contributed by atoms with van der Waals surface area (Å²) in [6.45, 7) is 2.15. The van der Waals surface area contributed by atoms with Gasteiger partial charge in [-0.15, -0.1) is 0 Å². The van der Waals surface area contributed by atoms with Crippen LogP contribution in [0.4, 0.5) is 4.79 Å². The first-order valence-corrected chi connectivity index (χ1v) is 6.80. The number of carbonyl (C=O) groups is 1. The fourth-order valence-electron chi connectivity index (χ4n) is 2.14. The van der Waals surface area contributed by atoms with E-state index in [9.17, 15) is 4.79 Å². The monoisotopic (exact) mass is 270 g/mol. The van der Waals surface area contributed by atoms with Gasteiger partial charge in [-0.05, 0) is 36.1 Å². The van der Waals surface area contributed by atoms with Gasteiger partial charge in [0.15, 0.2) is 0 Å². The predicted octanol–water partition coefficient (Wildman–Crippen LogP) is 4.75. The third kappa shape index (κ3) is 3.60. The van der Waals surface area contributed by atoms with E-state index in [1.807, 2.05) is 42.5 Å². The Kier molecular flexibility index (Phi) is 4.77. The van der Waals surface area contributed by atoms with Gasteiger partial charge in [0.05, 0.1) is 0 Å². The number of rotatable bonds is 5. The lowest BCUT2D eigenvalue weighted by Crippen LogP contribution is -2.04. The molecule has 0 aromatic heterocycles. The molecule has 104 valence electrons. The van der Waals surface area contributed by atoms with Crippen LogP contribution in [-0.2, 0) is 6.42 Å². The van der Waals surface area contributed by atoms with Gasteiger partial charge in [0, 0.05) is 5.56 Å². The average Bonchev–Trinajstić information content (AvgIpc) is 2.46. The molecule has 0 bridgehead atoms. The number of benzene rings is 2. The van der Waals surface area contributed by atoms with Crippen molar-refractivity contribution in [3.8, 4) is 16.9 Å². The number of unbranched alkanes of at least 4 members (excludes halogenated alkanes) is 1. The van der Waals surface area contributed by atoms with Crippen molar-refractivity contribution >= 4 is 6.16 Å². The van der Waals surface area contributed by atoms with Gasteiger partial charge in [-0.3, -0.25) is 0 Å². The van der Waals surface area contributed by atoms with E-state index in [4.69, 9.17) is 9.84 Å². The van der Waals surface area contributed by atoms with E-state index in [0.29, 0.717) is 5.75 Å². The summed E-state index contributed by atoms with van der Waals surface area (Å²) in [5, 5.41) is 8.83. The van der Waals surface area contributed by atoms with Crippen LogP contribution in [0.2, 0.25) is 0 Å². The highest BCUT2D eigenvalue weighted by molar-refractivity contribution is 5.74. The molecule has 0 aliphatic carbocycles. The summed E-state index contributed by atoms with van der Waals surface area (Å²) in [4.78, 5) is 10.8. The molecule has 0 heterocycles. The van der Waals surface area contributed by atoms with Gasteiger partial charge >= 0.3 is 6.16 Å². The molecule has 0 amide bonds. The van der Waals surface area contributed by atoms with Crippen LogP contribution in [0, 0.1) is 0 Å². The van der Waals surface area contributed by atoms with Gasteiger partial charge in [-0.2, -0.15) is 0 Å².